The van der Waals surface area contributed by atoms with E-state index in [2.05, 4.69) is 11.6 Å². The van der Waals surface area contributed by atoms with Crippen LogP contribution in [-0.4, -0.2) is 28.5 Å². The van der Waals surface area contributed by atoms with Crippen LogP contribution in [0.3, 0.4) is 0 Å². The Bertz CT molecular complexity index is 955. The lowest BCUT2D eigenvalue weighted by Gasteiger charge is -2.46. The fraction of sp³-hybridized carbons (Fsp3) is 0.318. The molecule has 3 aliphatic rings. The van der Waals surface area contributed by atoms with Crippen LogP contribution in [0.2, 0.25) is 0 Å². The number of ether oxygens (including phenoxy) is 1. The molecule has 0 spiro atoms. The molecule has 3 heterocycles. The molecule has 0 amide bonds. The molecule has 1 fully saturated rings. The van der Waals surface area contributed by atoms with Crippen molar-refractivity contribution in [2.24, 2.45) is 16.6 Å². The molecule has 3 aliphatic heterocycles. The monoisotopic (exact) mass is 415 g/mol. The summed E-state index contributed by atoms with van der Waals surface area (Å²) in [6, 6.07) is 3.62. The minimum absolute atomic E-state index is 0.00751. The Morgan fingerprint density at radius 1 is 1.38 bits per heavy atom. The Balaban J connectivity index is 1.66. The zero-order chi connectivity index (χ0) is 20.6. The van der Waals surface area contributed by atoms with Crippen molar-refractivity contribution in [2.75, 3.05) is 12.4 Å². The van der Waals surface area contributed by atoms with Gasteiger partial charge in [0.15, 0.2) is 5.17 Å². The highest BCUT2D eigenvalue weighted by molar-refractivity contribution is 8.13. The van der Waals surface area contributed by atoms with E-state index in [-0.39, 0.29) is 18.6 Å². The van der Waals surface area contributed by atoms with E-state index < -0.39 is 17.2 Å². The Morgan fingerprint density at radius 3 is 2.97 bits per heavy atom. The number of hydrogen-bond acceptors (Lipinski definition) is 5. The van der Waals surface area contributed by atoms with Crippen LogP contribution in [0, 0.1) is 17.6 Å². The molecule has 2 N–H and O–H groups in total. The predicted molar refractivity (Wildman–Crippen MR) is 113 cm³/mol. The number of allylic oxidation sites excluding steroid dienone is 2. The number of nitrogens with zero attached hydrogens (tertiary/aromatic N) is 2. The predicted octanol–water partition coefficient (Wildman–Crippen LogP) is 4.43. The molecule has 152 valence electrons. The maximum absolute atomic E-state index is 14.7. The van der Waals surface area contributed by atoms with Crippen LogP contribution >= 0.6 is 11.8 Å². The Hall–Kier alpha value is -2.38. The number of halogens is 2. The molecule has 0 aliphatic carbocycles. The van der Waals surface area contributed by atoms with Gasteiger partial charge < -0.3 is 15.4 Å². The first-order valence-corrected chi connectivity index (χ1v) is 10.5. The molecule has 0 bridgehead atoms. The fourth-order valence-electron chi connectivity index (χ4n) is 4.10. The third-order valence-corrected chi connectivity index (χ3v) is 6.54. The molecule has 4 nitrogen and oxygen atoms in total. The zero-order valence-electron chi connectivity index (χ0n) is 16.1. The molecule has 0 radical (unpaired) electrons. The molecule has 4 rings (SSSR count). The quantitative estimate of drug-likeness (QED) is 0.794. The SMILES string of the molecule is C=C1C=CC(C2CC3CSC(N)=NC3(c3ccc(F)cc3F)CO2)=CN1C=CC. The summed E-state index contributed by atoms with van der Waals surface area (Å²) in [6.07, 6.45) is 10.4. The van der Waals surface area contributed by atoms with Crippen molar-refractivity contribution in [1.82, 2.24) is 4.90 Å². The minimum Gasteiger partial charge on any atom is -0.379 e. The summed E-state index contributed by atoms with van der Waals surface area (Å²) >= 11 is 1.47. The van der Waals surface area contributed by atoms with Gasteiger partial charge in [-0.3, -0.25) is 0 Å². The van der Waals surface area contributed by atoms with Crippen LogP contribution in [0.5, 0.6) is 0 Å². The number of aliphatic imine (C=N–C) groups is 1. The summed E-state index contributed by atoms with van der Waals surface area (Å²) in [5.41, 5.74) is 7.30. The first-order valence-electron chi connectivity index (χ1n) is 9.48. The van der Waals surface area contributed by atoms with Gasteiger partial charge in [0.1, 0.15) is 17.2 Å². The van der Waals surface area contributed by atoms with Crippen molar-refractivity contribution in [2.45, 2.75) is 25.0 Å². The van der Waals surface area contributed by atoms with E-state index >= 15 is 0 Å². The molecule has 7 heteroatoms. The molecule has 1 saturated heterocycles. The van der Waals surface area contributed by atoms with Gasteiger partial charge in [-0.2, -0.15) is 0 Å². The maximum atomic E-state index is 14.7. The average molecular weight is 416 g/mol. The number of benzene rings is 1. The van der Waals surface area contributed by atoms with Gasteiger partial charge in [-0.1, -0.05) is 36.6 Å². The summed E-state index contributed by atoms with van der Waals surface area (Å²) in [7, 11) is 0. The van der Waals surface area contributed by atoms with Crippen LogP contribution in [0.25, 0.3) is 0 Å². The van der Waals surface area contributed by atoms with Crippen LogP contribution < -0.4 is 5.73 Å². The number of fused-ring (bicyclic) bond motifs is 1. The Morgan fingerprint density at radius 2 is 2.21 bits per heavy atom. The number of rotatable bonds is 3. The lowest BCUT2D eigenvalue weighted by Crippen LogP contribution is -2.50. The lowest BCUT2D eigenvalue weighted by atomic mass is 9.74. The maximum Gasteiger partial charge on any atom is 0.154 e. The van der Waals surface area contributed by atoms with E-state index in [1.807, 2.05) is 42.5 Å². The highest BCUT2D eigenvalue weighted by Gasteiger charge is 2.49. The second-order valence-corrected chi connectivity index (χ2v) is 8.43. The summed E-state index contributed by atoms with van der Waals surface area (Å²) in [5, 5.41) is 0.402. The van der Waals surface area contributed by atoms with Gasteiger partial charge in [0.25, 0.3) is 0 Å². The van der Waals surface area contributed by atoms with Gasteiger partial charge >= 0.3 is 0 Å². The van der Waals surface area contributed by atoms with E-state index in [1.165, 1.54) is 23.9 Å². The first-order chi connectivity index (χ1) is 13.9. The van der Waals surface area contributed by atoms with Crippen LogP contribution in [-0.2, 0) is 10.3 Å². The smallest absolute Gasteiger partial charge is 0.154 e. The number of thioether (sulfide) groups is 1. The van der Waals surface area contributed by atoms with Crippen molar-refractivity contribution >= 4 is 16.9 Å². The third-order valence-electron chi connectivity index (χ3n) is 5.59. The molecule has 0 saturated carbocycles. The minimum atomic E-state index is -0.935. The van der Waals surface area contributed by atoms with Gasteiger partial charge in [-0.15, -0.1) is 0 Å². The van der Waals surface area contributed by atoms with Gasteiger partial charge in [-0.25, -0.2) is 13.8 Å². The van der Waals surface area contributed by atoms with Crippen molar-refractivity contribution < 1.29 is 13.5 Å². The summed E-state index contributed by atoms with van der Waals surface area (Å²) in [4.78, 5) is 6.58. The van der Waals surface area contributed by atoms with E-state index in [0.717, 1.165) is 17.3 Å². The molecule has 1 aromatic carbocycles. The van der Waals surface area contributed by atoms with E-state index in [4.69, 9.17) is 10.5 Å². The molecular formula is C22H23F2N3OS. The standard InChI is InChI=1S/C22H23F2N3OS/c1-3-8-27-11-15(5-4-14(27)2)20-9-16-12-29-21(25)26-22(16,13-28-20)18-7-6-17(23)10-19(18)24/h3-8,10-11,16,20H,2,9,12-13H2,1H3,(H2,25,26). The number of nitrogens with two attached hydrogens (primary N) is 1. The van der Waals surface area contributed by atoms with Gasteiger partial charge in [0.2, 0.25) is 0 Å². The Kier molecular flexibility index (Phi) is 5.36. The van der Waals surface area contributed by atoms with Gasteiger partial charge in [0, 0.05) is 41.4 Å². The van der Waals surface area contributed by atoms with E-state index in [9.17, 15) is 8.78 Å². The van der Waals surface area contributed by atoms with Crippen molar-refractivity contribution in [1.29, 1.82) is 0 Å². The van der Waals surface area contributed by atoms with Crippen molar-refractivity contribution in [3.63, 3.8) is 0 Å². The van der Waals surface area contributed by atoms with Gasteiger partial charge in [-0.05, 0) is 31.1 Å². The molecule has 3 unspecified atom stereocenters. The van der Waals surface area contributed by atoms with Crippen LogP contribution in [0.1, 0.15) is 18.9 Å². The largest absolute Gasteiger partial charge is 0.379 e. The summed E-state index contributed by atoms with van der Waals surface area (Å²) in [5.74, 6) is -0.521. The van der Waals surface area contributed by atoms with Crippen molar-refractivity contribution in [3.05, 3.63) is 83.9 Å². The number of amidine groups is 1. The summed E-state index contributed by atoms with van der Waals surface area (Å²) < 4.78 is 34.4. The first kappa shape index (κ1) is 19.9. The fourth-order valence-corrected chi connectivity index (χ4v) is 5.11. The molecule has 3 atom stereocenters. The van der Waals surface area contributed by atoms with Crippen molar-refractivity contribution in [3.8, 4) is 0 Å². The van der Waals surface area contributed by atoms with Crippen LogP contribution in [0.4, 0.5) is 8.78 Å². The molecule has 0 aromatic heterocycles. The van der Waals surface area contributed by atoms with Crippen LogP contribution in [0.15, 0.2) is 71.7 Å². The molecule has 1 aromatic rings. The third kappa shape index (κ3) is 3.65. The lowest BCUT2D eigenvalue weighted by molar-refractivity contribution is -0.0384. The van der Waals surface area contributed by atoms with E-state index in [0.29, 0.717) is 22.9 Å². The molecule has 29 heavy (non-hydrogen) atoms. The number of hydrogen-bond donors (Lipinski definition) is 1. The average Bonchev–Trinajstić information content (AvgIpc) is 2.69. The molecular weight excluding hydrogens is 392 g/mol. The Labute approximate surface area is 173 Å². The second-order valence-electron chi connectivity index (χ2n) is 7.39. The highest BCUT2D eigenvalue weighted by Crippen LogP contribution is 2.47. The van der Waals surface area contributed by atoms with Gasteiger partial charge in [0.05, 0.1) is 12.7 Å². The van der Waals surface area contributed by atoms with E-state index in [1.54, 1.807) is 0 Å². The second kappa shape index (κ2) is 7.80. The summed E-state index contributed by atoms with van der Waals surface area (Å²) in [6.45, 7) is 6.16. The normalized spacial score (nSPS) is 29.6. The zero-order valence-corrected chi connectivity index (χ0v) is 17.0. The highest BCUT2D eigenvalue weighted by atomic mass is 32.2. The topological polar surface area (TPSA) is 50.9 Å².